The molecule has 0 fully saturated rings. The van der Waals surface area contributed by atoms with E-state index >= 15 is 0 Å². The van der Waals surface area contributed by atoms with Gasteiger partial charge in [-0.15, -0.1) is 0 Å². The number of aliphatic hydroxyl groups is 2. The van der Waals surface area contributed by atoms with E-state index in [2.05, 4.69) is 4.74 Å². The molecule has 0 amide bonds. The number of rotatable bonds is 7. The van der Waals surface area contributed by atoms with Gasteiger partial charge in [0.25, 0.3) is 0 Å². The lowest BCUT2D eigenvalue weighted by Crippen LogP contribution is -2.21. The molecular formula is C13H16O7. The summed E-state index contributed by atoms with van der Waals surface area (Å²) in [7, 11) is 1.25. The van der Waals surface area contributed by atoms with E-state index < -0.39 is 30.6 Å². The van der Waals surface area contributed by atoms with Gasteiger partial charge < -0.3 is 24.8 Å². The number of benzene rings is 1. The number of aliphatic hydroxyl groups excluding tert-OH is 2. The van der Waals surface area contributed by atoms with Crippen LogP contribution in [0, 0.1) is 0 Å². The van der Waals surface area contributed by atoms with Gasteiger partial charge in [-0.2, -0.15) is 0 Å². The van der Waals surface area contributed by atoms with Crippen molar-refractivity contribution in [2.75, 3.05) is 13.7 Å². The van der Waals surface area contributed by atoms with E-state index in [0.717, 1.165) is 0 Å². The Kier molecular flexibility index (Phi) is 5.95. The molecule has 1 aromatic rings. The van der Waals surface area contributed by atoms with E-state index in [0.29, 0.717) is 11.3 Å². The van der Waals surface area contributed by atoms with E-state index in [-0.39, 0.29) is 6.61 Å². The summed E-state index contributed by atoms with van der Waals surface area (Å²) >= 11 is 0. The number of hydrogen-bond acceptors (Lipinski definition) is 6. The molecule has 3 N–H and O–H groups in total. The van der Waals surface area contributed by atoms with Crippen LogP contribution in [-0.2, 0) is 14.3 Å². The van der Waals surface area contributed by atoms with Gasteiger partial charge in [0.05, 0.1) is 19.6 Å². The van der Waals surface area contributed by atoms with Gasteiger partial charge in [0.2, 0.25) is 0 Å². The zero-order chi connectivity index (χ0) is 15.1. The van der Waals surface area contributed by atoms with Crippen molar-refractivity contribution in [1.82, 2.24) is 0 Å². The summed E-state index contributed by atoms with van der Waals surface area (Å²) in [6.45, 7) is -0.236. The van der Waals surface area contributed by atoms with Crippen molar-refractivity contribution in [1.29, 1.82) is 0 Å². The highest BCUT2D eigenvalue weighted by atomic mass is 16.6. The third kappa shape index (κ3) is 4.87. The molecule has 1 aromatic carbocycles. The van der Waals surface area contributed by atoms with Crippen LogP contribution >= 0.6 is 0 Å². The van der Waals surface area contributed by atoms with Gasteiger partial charge in [-0.3, -0.25) is 4.79 Å². The van der Waals surface area contributed by atoms with Gasteiger partial charge in [0, 0.05) is 0 Å². The first-order valence-electron chi connectivity index (χ1n) is 5.81. The molecule has 0 aliphatic heterocycles. The van der Waals surface area contributed by atoms with Gasteiger partial charge in [0.1, 0.15) is 11.9 Å². The van der Waals surface area contributed by atoms with Crippen LogP contribution in [0.5, 0.6) is 5.75 Å². The van der Waals surface area contributed by atoms with Crippen LogP contribution in [0.15, 0.2) is 24.3 Å². The number of carboxylic acid groups (broad SMARTS) is 1. The fraction of sp³-hybridized carbons (Fsp3) is 0.385. The molecule has 0 aromatic heterocycles. The lowest BCUT2D eigenvalue weighted by molar-refractivity contribution is -0.143. The summed E-state index contributed by atoms with van der Waals surface area (Å²) in [4.78, 5) is 21.3. The van der Waals surface area contributed by atoms with Crippen molar-refractivity contribution in [2.24, 2.45) is 0 Å². The summed E-state index contributed by atoms with van der Waals surface area (Å²) < 4.78 is 9.52. The summed E-state index contributed by atoms with van der Waals surface area (Å²) in [5.41, 5.74) is 0.351. The van der Waals surface area contributed by atoms with Crippen LogP contribution < -0.4 is 4.74 Å². The summed E-state index contributed by atoms with van der Waals surface area (Å²) in [6, 6.07) is 5.94. The highest BCUT2D eigenvalue weighted by Crippen LogP contribution is 2.21. The van der Waals surface area contributed by atoms with Crippen molar-refractivity contribution < 1.29 is 34.4 Å². The highest BCUT2D eigenvalue weighted by Gasteiger charge is 2.21. The van der Waals surface area contributed by atoms with E-state index in [1.807, 2.05) is 0 Å². The number of aliphatic carboxylic acids is 1. The Balaban J connectivity index is 2.61. The fourth-order valence-electron chi connectivity index (χ4n) is 1.48. The molecule has 1 rings (SSSR count). The largest absolute Gasteiger partial charge is 0.482 e. The molecule has 20 heavy (non-hydrogen) atoms. The highest BCUT2D eigenvalue weighted by molar-refractivity contribution is 5.70. The van der Waals surface area contributed by atoms with E-state index in [1.54, 1.807) is 0 Å². The second kappa shape index (κ2) is 7.46. The molecular weight excluding hydrogens is 268 g/mol. The molecule has 7 heteroatoms. The van der Waals surface area contributed by atoms with Gasteiger partial charge in [-0.25, -0.2) is 4.79 Å². The van der Waals surface area contributed by atoms with Crippen molar-refractivity contribution in [3.8, 4) is 5.75 Å². The van der Waals surface area contributed by atoms with Crippen molar-refractivity contribution in [3.63, 3.8) is 0 Å². The Morgan fingerprint density at radius 3 is 2.30 bits per heavy atom. The maximum atomic E-state index is 10.9. The number of carbonyl (C=O) groups excluding carboxylic acids is 1. The fourth-order valence-corrected chi connectivity index (χ4v) is 1.48. The third-order valence-corrected chi connectivity index (χ3v) is 2.55. The minimum atomic E-state index is -1.39. The zero-order valence-corrected chi connectivity index (χ0v) is 10.9. The predicted octanol–water partition coefficient (Wildman–Crippen LogP) is 0.107. The average Bonchev–Trinajstić information content (AvgIpc) is 2.43. The molecule has 0 saturated carbocycles. The standard InChI is InChI=1S/C13H16O7/c1-19-12(17)7-20-9-4-2-8(3-5-9)13(18)10(14)6-11(15)16/h2-5,10,13-14,18H,6-7H2,1H3,(H,15,16). The lowest BCUT2D eigenvalue weighted by atomic mass is 10.0. The third-order valence-electron chi connectivity index (χ3n) is 2.55. The quantitative estimate of drug-likeness (QED) is 0.609. The molecule has 2 unspecified atom stereocenters. The number of ether oxygens (including phenoxy) is 2. The molecule has 110 valence electrons. The molecule has 0 aliphatic carbocycles. The summed E-state index contributed by atoms with van der Waals surface area (Å²) in [6.07, 6.45) is -3.25. The first-order valence-corrected chi connectivity index (χ1v) is 5.81. The molecule has 0 radical (unpaired) electrons. The van der Waals surface area contributed by atoms with Crippen LogP contribution in [0.1, 0.15) is 18.1 Å². The molecule has 2 atom stereocenters. The van der Waals surface area contributed by atoms with Gasteiger partial charge in [0.15, 0.2) is 6.61 Å². The Morgan fingerprint density at radius 2 is 1.80 bits per heavy atom. The summed E-state index contributed by atoms with van der Waals surface area (Å²) in [5.74, 6) is -1.33. The van der Waals surface area contributed by atoms with Crippen LogP contribution in [-0.4, -0.2) is 47.1 Å². The Hall–Kier alpha value is -2.12. The van der Waals surface area contributed by atoms with Crippen molar-refractivity contribution in [3.05, 3.63) is 29.8 Å². The molecule has 0 bridgehead atoms. The number of esters is 1. The SMILES string of the molecule is COC(=O)COc1ccc(C(O)C(O)CC(=O)O)cc1. The lowest BCUT2D eigenvalue weighted by Gasteiger charge is -2.16. The van der Waals surface area contributed by atoms with Gasteiger partial charge in [-0.05, 0) is 17.7 Å². The van der Waals surface area contributed by atoms with Crippen LogP contribution in [0.2, 0.25) is 0 Å². The second-order valence-electron chi connectivity index (χ2n) is 4.04. The molecule has 0 aliphatic rings. The number of carbonyl (C=O) groups is 2. The van der Waals surface area contributed by atoms with Crippen molar-refractivity contribution >= 4 is 11.9 Å². The van der Waals surface area contributed by atoms with Crippen LogP contribution in [0.3, 0.4) is 0 Å². The summed E-state index contributed by atoms with van der Waals surface area (Å²) in [5, 5.41) is 27.8. The van der Waals surface area contributed by atoms with Gasteiger partial charge >= 0.3 is 11.9 Å². The number of methoxy groups -OCH3 is 1. The van der Waals surface area contributed by atoms with Crippen LogP contribution in [0.25, 0.3) is 0 Å². The number of carboxylic acids is 1. The Labute approximate surface area is 115 Å². The maximum absolute atomic E-state index is 10.9. The smallest absolute Gasteiger partial charge is 0.343 e. The monoisotopic (exact) mass is 284 g/mol. The predicted molar refractivity (Wildman–Crippen MR) is 67.2 cm³/mol. The van der Waals surface area contributed by atoms with Gasteiger partial charge in [-0.1, -0.05) is 12.1 Å². The topological polar surface area (TPSA) is 113 Å². The minimum absolute atomic E-state index is 0.236. The number of hydrogen-bond donors (Lipinski definition) is 3. The Morgan fingerprint density at radius 1 is 1.20 bits per heavy atom. The molecule has 0 saturated heterocycles. The maximum Gasteiger partial charge on any atom is 0.343 e. The molecule has 7 nitrogen and oxygen atoms in total. The first kappa shape index (κ1) is 15.9. The Bertz CT molecular complexity index is 454. The first-order chi connectivity index (χ1) is 9.43. The zero-order valence-electron chi connectivity index (χ0n) is 10.9. The van der Waals surface area contributed by atoms with Crippen molar-refractivity contribution in [2.45, 2.75) is 18.6 Å². The molecule has 0 spiro atoms. The minimum Gasteiger partial charge on any atom is -0.482 e. The molecule has 0 heterocycles. The van der Waals surface area contributed by atoms with E-state index in [1.165, 1.54) is 31.4 Å². The van der Waals surface area contributed by atoms with Crippen LogP contribution in [0.4, 0.5) is 0 Å². The average molecular weight is 284 g/mol. The van der Waals surface area contributed by atoms with E-state index in [9.17, 15) is 19.8 Å². The normalized spacial score (nSPS) is 13.3. The second-order valence-corrected chi connectivity index (χ2v) is 4.04. The van der Waals surface area contributed by atoms with E-state index in [4.69, 9.17) is 9.84 Å².